The number of carboxylic acid groups (broad SMARTS) is 1. The van der Waals surface area contributed by atoms with E-state index >= 15 is 0 Å². The molecule has 0 aromatic carbocycles. The maximum atomic E-state index is 11.3. The molecule has 7 heteroatoms. The van der Waals surface area contributed by atoms with Crippen LogP contribution in [0.1, 0.15) is 12.8 Å². The smallest absolute Gasteiger partial charge is 0.326 e. The van der Waals surface area contributed by atoms with E-state index in [1.807, 2.05) is 0 Å². The molecule has 88 valence electrons. The number of carbonyl (C=O) groups is 2. The Morgan fingerprint density at radius 3 is 2.13 bits per heavy atom. The van der Waals surface area contributed by atoms with Gasteiger partial charge in [0.25, 0.3) is 0 Å². The highest BCUT2D eigenvalue weighted by atomic mass is 16.4. The Morgan fingerprint density at radius 1 is 1.20 bits per heavy atom. The second-order valence-corrected chi connectivity index (χ2v) is 3.16. The van der Waals surface area contributed by atoms with Crippen molar-refractivity contribution in [3.63, 3.8) is 0 Å². The van der Waals surface area contributed by atoms with E-state index in [-0.39, 0.29) is 19.5 Å². The van der Waals surface area contributed by atoms with Gasteiger partial charge in [-0.05, 0) is 25.9 Å². The monoisotopic (exact) mass is 218 g/mol. The maximum Gasteiger partial charge on any atom is 0.326 e. The van der Waals surface area contributed by atoms with E-state index < -0.39 is 24.0 Å². The number of amides is 1. The molecule has 0 fully saturated rings. The van der Waals surface area contributed by atoms with E-state index in [0.717, 1.165) is 0 Å². The van der Waals surface area contributed by atoms with Crippen LogP contribution in [0.3, 0.4) is 0 Å². The first-order chi connectivity index (χ1) is 7.02. The molecule has 0 radical (unpaired) electrons. The molecular weight excluding hydrogens is 200 g/mol. The Kier molecular flexibility index (Phi) is 6.59. The lowest BCUT2D eigenvalue weighted by Gasteiger charge is -2.16. The molecule has 0 saturated carbocycles. The van der Waals surface area contributed by atoms with Crippen LogP contribution in [0.25, 0.3) is 0 Å². The largest absolute Gasteiger partial charge is 0.480 e. The standard InChI is InChI=1S/C8H18N4O3/c9-3-1-5(11)7(13)12-6(2-4-10)8(14)15/h5-6H,1-4,9-11H2,(H,12,13)(H,14,15)/t5-,6?/m0/s1. The number of carboxylic acids is 1. The minimum Gasteiger partial charge on any atom is -0.480 e. The van der Waals surface area contributed by atoms with Crippen LogP contribution in [-0.2, 0) is 9.59 Å². The van der Waals surface area contributed by atoms with Gasteiger partial charge in [0.1, 0.15) is 6.04 Å². The van der Waals surface area contributed by atoms with Gasteiger partial charge in [0.05, 0.1) is 6.04 Å². The summed E-state index contributed by atoms with van der Waals surface area (Å²) in [5, 5.41) is 11.0. The van der Waals surface area contributed by atoms with Gasteiger partial charge < -0.3 is 27.6 Å². The SMILES string of the molecule is NCCC(NC(=O)[C@@H](N)CCN)C(=O)O. The highest BCUT2D eigenvalue weighted by molar-refractivity contribution is 5.86. The summed E-state index contributed by atoms with van der Waals surface area (Å²) in [6, 6.07) is -1.75. The fourth-order valence-electron chi connectivity index (χ4n) is 1.01. The number of nitrogens with one attached hydrogen (secondary N) is 1. The summed E-state index contributed by atoms with van der Waals surface area (Å²) in [6.07, 6.45) is 0.497. The second kappa shape index (κ2) is 7.16. The van der Waals surface area contributed by atoms with Crippen LogP contribution in [-0.4, -0.2) is 42.2 Å². The molecule has 2 atom stereocenters. The van der Waals surface area contributed by atoms with Crippen molar-refractivity contribution in [2.75, 3.05) is 13.1 Å². The number of aliphatic carboxylic acids is 1. The Balaban J connectivity index is 4.15. The first-order valence-electron chi connectivity index (χ1n) is 4.71. The zero-order valence-electron chi connectivity index (χ0n) is 8.48. The van der Waals surface area contributed by atoms with Gasteiger partial charge in [-0.25, -0.2) is 4.79 Å². The lowest BCUT2D eigenvalue weighted by Crippen LogP contribution is -2.49. The summed E-state index contributed by atoms with van der Waals surface area (Å²) in [6.45, 7) is 0.465. The topological polar surface area (TPSA) is 144 Å². The highest BCUT2D eigenvalue weighted by Crippen LogP contribution is 1.93. The van der Waals surface area contributed by atoms with Crippen LogP contribution in [0.5, 0.6) is 0 Å². The van der Waals surface area contributed by atoms with Crippen LogP contribution >= 0.6 is 0 Å². The first kappa shape index (κ1) is 13.8. The number of rotatable bonds is 7. The van der Waals surface area contributed by atoms with E-state index in [1.165, 1.54) is 0 Å². The summed E-state index contributed by atoms with van der Waals surface area (Å²) >= 11 is 0. The molecule has 1 amide bonds. The minimum absolute atomic E-state index is 0.177. The molecule has 7 nitrogen and oxygen atoms in total. The normalized spacial score (nSPS) is 14.3. The summed E-state index contributed by atoms with van der Waals surface area (Å²) in [4.78, 5) is 22.0. The molecule has 0 saturated heterocycles. The van der Waals surface area contributed by atoms with Crippen LogP contribution < -0.4 is 22.5 Å². The molecule has 8 N–H and O–H groups in total. The van der Waals surface area contributed by atoms with E-state index in [1.54, 1.807) is 0 Å². The summed E-state index contributed by atoms with van der Waals surface area (Å²) in [5.74, 6) is -1.63. The van der Waals surface area contributed by atoms with E-state index in [9.17, 15) is 9.59 Å². The van der Waals surface area contributed by atoms with E-state index in [2.05, 4.69) is 5.32 Å². The van der Waals surface area contributed by atoms with Crippen LogP contribution in [0.4, 0.5) is 0 Å². The molecule has 0 aliphatic carbocycles. The maximum absolute atomic E-state index is 11.3. The molecule has 0 aliphatic heterocycles. The number of hydrogen-bond acceptors (Lipinski definition) is 5. The van der Waals surface area contributed by atoms with Gasteiger partial charge in [0.15, 0.2) is 0 Å². The fraction of sp³-hybridized carbons (Fsp3) is 0.750. The Hall–Kier alpha value is -1.18. The first-order valence-corrected chi connectivity index (χ1v) is 4.71. The van der Waals surface area contributed by atoms with Crippen molar-refractivity contribution in [3.8, 4) is 0 Å². The molecule has 0 rings (SSSR count). The molecule has 0 spiro atoms. The van der Waals surface area contributed by atoms with Gasteiger partial charge in [-0.3, -0.25) is 4.79 Å². The quantitative estimate of drug-likeness (QED) is 0.321. The average molecular weight is 218 g/mol. The van der Waals surface area contributed by atoms with Gasteiger partial charge in [-0.15, -0.1) is 0 Å². The van der Waals surface area contributed by atoms with Gasteiger partial charge in [-0.2, -0.15) is 0 Å². The van der Waals surface area contributed by atoms with Crippen LogP contribution in [0.15, 0.2) is 0 Å². The van der Waals surface area contributed by atoms with Crippen molar-refractivity contribution in [3.05, 3.63) is 0 Å². The zero-order valence-corrected chi connectivity index (χ0v) is 8.48. The van der Waals surface area contributed by atoms with Crippen molar-refractivity contribution >= 4 is 11.9 Å². The predicted molar refractivity (Wildman–Crippen MR) is 54.9 cm³/mol. The van der Waals surface area contributed by atoms with Crippen molar-refractivity contribution in [2.45, 2.75) is 24.9 Å². The Morgan fingerprint density at radius 2 is 1.73 bits per heavy atom. The van der Waals surface area contributed by atoms with Gasteiger partial charge in [0.2, 0.25) is 5.91 Å². The third kappa shape index (κ3) is 5.31. The third-order valence-corrected chi connectivity index (χ3v) is 1.88. The molecular formula is C8H18N4O3. The average Bonchev–Trinajstić information content (AvgIpc) is 2.17. The predicted octanol–water partition coefficient (Wildman–Crippen LogP) is -2.42. The van der Waals surface area contributed by atoms with Crippen molar-refractivity contribution < 1.29 is 14.7 Å². The van der Waals surface area contributed by atoms with Gasteiger partial charge in [-0.1, -0.05) is 0 Å². The van der Waals surface area contributed by atoms with Crippen molar-refractivity contribution in [1.29, 1.82) is 0 Å². The summed E-state index contributed by atoms with van der Waals surface area (Å²) in [5.41, 5.74) is 15.9. The highest BCUT2D eigenvalue weighted by Gasteiger charge is 2.21. The summed E-state index contributed by atoms with van der Waals surface area (Å²) in [7, 11) is 0. The molecule has 0 aromatic heterocycles. The molecule has 15 heavy (non-hydrogen) atoms. The third-order valence-electron chi connectivity index (χ3n) is 1.88. The van der Waals surface area contributed by atoms with E-state index in [0.29, 0.717) is 6.42 Å². The number of nitrogens with two attached hydrogens (primary N) is 3. The van der Waals surface area contributed by atoms with Crippen molar-refractivity contribution in [2.24, 2.45) is 17.2 Å². The van der Waals surface area contributed by atoms with Gasteiger partial charge in [0, 0.05) is 0 Å². The van der Waals surface area contributed by atoms with Gasteiger partial charge >= 0.3 is 5.97 Å². The lowest BCUT2D eigenvalue weighted by atomic mass is 10.1. The number of carbonyl (C=O) groups excluding carboxylic acids is 1. The van der Waals surface area contributed by atoms with Crippen molar-refractivity contribution in [1.82, 2.24) is 5.32 Å². The summed E-state index contributed by atoms with van der Waals surface area (Å²) < 4.78 is 0. The lowest BCUT2D eigenvalue weighted by molar-refractivity contribution is -0.142. The molecule has 0 heterocycles. The molecule has 1 unspecified atom stereocenters. The zero-order chi connectivity index (χ0) is 11.8. The molecule has 0 aromatic rings. The Bertz CT molecular complexity index is 222. The minimum atomic E-state index is -1.12. The van der Waals surface area contributed by atoms with Crippen LogP contribution in [0, 0.1) is 0 Å². The van der Waals surface area contributed by atoms with E-state index in [4.69, 9.17) is 22.3 Å². The Labute approximate surface area is 88.0 Å². The fourth-order valence-corrected chi connectivity index (χ4v) is 1.01. The second-order valence-electron chi connectivity index (χ2n) is 3.16. The number of hydrogen-bond donors (Lipinski definition) is 5. The molecule has 0 bridgehead atoms. The molecule has 0 aliphatic rings. The van der Waals surface area contributed by atoms with Crippen LogP contribution in [0.2, 0.25) is 0 Å².